The molecule has 6 nitrogen and oxygen atoms in total. The highest BCUT2D eigenvalue weighted by molar-refractivity contribution is 6.06. The van der Waals surface area contributed by atoms with Gasteiger partial charge >= 0.3 is 0 Å². The van der Waals surface area contributed by atoms with Gasteiger partial charge in [-0.15, -0.1) is 0 Å². The molecule has 0 bridgehead atoms. The average Bonchev–Trinajstić information content (AvgIpc) is 3.08. The quantitative estimate of drug-likeness (QED) is 0.488. The number of ether oxygens (including phenoxy) is 1. The Morgan fingerprint density at radius 3 is 2.65 bits per heavy atom. The Bertz CT molecular complexity index is 1200. The molecule has 1 amide bonds. The van der Waals surface area contributed by atoms with Crippen LogP contribution in [0.1, 0.15) is 27.3 Å². The molecule has 0 spiro atoms. The zero-order valence-electron chi connectivity index (χ0n) is 17.2. The van der Waals surface area contributed by atoms with E-state index in [1.54, 1.807) is 48.3 Å². The number of pyridine rings is 1. The van der Waals surface area contributed by atoms with Crippen molar-refractivity contribution >= 4 is 11.6 Å². The Kier molecular flexibility index (Phi) is 5.75. The van der Waals surface area contributed by atoms with Gasteiger partial charge in [-0.05, 0) is 56.3 Å². The molecule has 0 saturated heterocycles. The summed E-state index contributed by atoms with van der Waals surface area (Å²) in [4.78, 5) is 17.0. The number of aromatic nitrogens is 3. The van der Waals surface area contributed by atoms with E-state index in [1.165, 1.54) is 12.1 Å². The van der Waals surface area contributed by atoms with E-state index in [0.29, 0.717) is 40.7 Å². The molecule has 1 N–H and O–H groups in total. The maximum atomic E-state index is 13.2. The van der Waals surface area contributed by atoms with Gasteiger partial charge in [-0.3, -0.25) is 9.78 Å². The van der Waals surface area contributed by atoms with Crippen molar-refractivity contribution < 1.29 is 13.9 Å². The van der Waals surface area contributed by atoms with Gasteiger partial charge in [0.1, 0.15) is 18.2 Å². The number of rotatable bonds is 6. The third-order valence-electron chi connectivity index (χ3n) is 4.81. The molecular formula is C24H21FN4O2. The number of carbonyl (C=O) groups is 1. The maximum absolute atomic E-state index is 13.2. The van der Waals surface area contributed by atoms with Crippen LogP contribution in [0.3, 0.4) is 0 Å². The van der Waals surface area contributed by atoms with Crippen LogP contribution in [0.25, 0.3) is 5.69 Å². The molecular weight excluding hydrogens is 395 g/mol. The number of nitrogens with zero attached hydrogens (tertiary/aromatic N) is 3. The van der Waals surface area contributed by atoms with Crippen LogP contribution in [0.2, 0.25) is 0 Å². The molecule has 2 aromatic carbocycles. The number of aryl methyl sites for hydroxylation is 1. The number of halogens is 1. The third kappa shape index (κ3) is 4.61. The van der Waals surface area contributed by atoms with Crippen molar-refractivity contribution in [2.24, 2.45) is 0 Å². The van der Waals surface area contributed by atoms with Crippen LogP contribution >= 0.6 is 0 Å². The highest BCUT2D eigenvalue weighted by Crippen LogP contribution is 2.22. The van der Waals surface area contributed by atoms with Crippen LogP contribution in [0.4, 0.5) is 10.1 Å². The maximum Gasteiger partial charge on any atom is 0.259 e. The van der Waals surface area contributed by atoms with E-state index in [1.807, 2.05) is 31.2 Å². The van der Waals surface area contributed by atoms with Gasteiger partial charge in [0.25, 0.3) is 5.91 Å². The predicted octanol–water partition coefficient (Wildman–Crippen LogP) is 4.85. The fourth-order valence-corrected chi connectivity index (χ4v) is 3.31. The lowest BCUT2D eigenvalue weighted by molar-refractivity contribution is 0.102. The SMILES string of the molecule is Cc1nn(-c2ccc(F)cc2)c(C)c1C(=O)Nc1cccc(OCc2cccnc2)c1. The first-order valence-electron chi connectivity index (χ1n) is 9.76. The minimum Gasteiger partial charge on any atom is -0.489 e. The Morgan fingerprint density at radius 2 is 1.90 bits per heavy atom. The van der Waals surface area contributed by atoms with E-state index in [4.69, 9.17) is 4.74 Å². The summed E-state index contributed by atoms with van der Waals surface area (Å²) in [5, 5.41) is 7.36. The Balaban J connectivity index is 1.50. The Hall–Kier alpha value is -4.00. The molecule has 4 rings (SSSR count). The number of anilines is 1. The first-order valence-corrected chi connectivity index (χ1v) is 9.76. The van der Waals surface area contributed by atoms with Gasteiger partial charge in [0.05, 0.1) is 22.6 Å². The number of nitrogens with one attached hydrogen (secondary N) is 1. The largest absolute Gasteiger partial charge is 0.489 e. The standard InChI is InChI=1S/C24H21FN4O2/c1-16-23(17(2)29(28-16)21-10-8-19(25)9-11-21)24(30)27-20-6-3-7-22(13-20)31-15-18-5-4-12-26-14-18/h3-14H,15H2,1-2H3,(H,27,30). The minimum absolute atomic E-state index is 0.271. The van der Waals surface area contributed by atoms with Gasteiger partial charge in [-0.1, -0.05) is 12.1 Å². The number of benzene rings is 2. The highest BCUT2D eigenvalue weighted by atomic mass is 19.1. The second-order valence-corrected chi connectivity index (χ2v) is 7.07. The fraction of sp³-hybridized carbons (Fsp3) is 0.125. The molecule has 0 radical (unpaired) electrons. The van der Waals surface area contributed by atoms with Crippen molar-refractivity contribution in [3.63, 3.8) is 0 Å². The lowest BCUT2D eigenvalue weighted by atomic mass is 10.1. The zero-order valence-corrected chi connectivity index (χ0v) is 17.2. The number of amides is 1. The molecule has 156 valence electrons. The van der Waals surface area contributed by atoms with Gasteiger partial charge in [-0.25, -0.2) is 9.07 Å². The second kappa shape index (κ2) is 8.79. The van der Waals surface area contributed by atoms with E-state index < -0.39 is 0 Å². The van der Waals surface area contributed by atoms with E-state index >= 15 is 0 Å². The number of hydrogen-bond acceptors (Lipinski definition) is 4. The van der Waals surface area contributed by atoms with Crippen molar-refractivity contribution in [1.29, 1.82) is 0 Å². The smallest absolute Gasteiger partial charge is 0.259 e. The van der Waals surface area contributed by atoms with E-state index in [0.717, 1.165) is 5.56 Å². The summed E-state index contributed by atoms with van der Waals surface area (Å²) < 4.78 is 20.7. The summed E-state index contributed by atoms with van der Waals surface area (Å²) in [5.41, 5.74) is 3.99. The Morgan fingerprint density at radius 1 is 1.10 bits per heavy atom. The van der Waals surface area contributed by atoms with Crippen molar-refractivity contribution in [3.8, 4) is 11.4 Å². The molecule has 0 aliphatic heterocycles. The average molecular weight is 416 g/mol. The molecule has 0 saturated carbocycles. The molecule has 4 aromatic rings. The predicted molar refractivity (Wildman–Crippen MR) is 116 cm³/mol. The molecule has 7 heteroatoms. The summed E-state index contributed by atoms with van der Waals surface area (Å²) in [6, 6.07) is 17.0. The van der Waals surface area contributed by atoms with Gasteiger partial charge in [0.15, 0.2) is 0 Å². The molecule has 0 aliphatic rings. The first kappa shape index (κ1) is 20.3. The zero-order chi connectivity index (χ0) is 21.8. The van der Waals surface area contributed by atoms with Gasteiger partial charge in [-0.2, -0.15) is 5.10 Å². The van der Waals surface area contributed by atoms with E-state index in [-0.39, 0.29) is 11.7 Å². The third-order valence-corrected chi connectivity index (χ3v) is 4.81. The molecule has 0 aliphatic carbocycles. The van der Waals surface area contributed by atoms with Crippen molar-refractivity contribution in [3.05, 3.63) is 101 Å². The minimum atomic E-state index is -0.325. The van der Waals surface area contributed by atoms with E-state index in [9.17, 15) is 9.18 Å². The summed E-state index contributed by atoms with van der Waals surface area (Å²) in [5.74, 6) is 0.0405. The lowest BCUT2D eigenvalue weighted by Gasteiger charge is -2.10. The lowest BCUT2D eigenvalue weighted by Crippen LogP contribution is -2.14. The molecule has 0 fully saturated rings. The number of carbonyl (C=O) groups excluding carboxylic acids is 1. The van der Waals surface area contributed by atoms with Gasteiger partial charge in [0.2, 0.25) is 0 Å². The van der Waals surface area contributed by atoms with Gasteiger partial charge < -0.3 is 10.1 Å². The molecule has 31 heavy (non-hydrogen) atoms. The number of hydrogen-bond donors (Lipinski definition) is 1. The van der Waals surface area contributed by atoms with E-state index in [2.05, 4.69) is 15.4 Å². The summed E-state index contributed by atoms with van der Waals surface area (Å²) >= 11 is 0. The van der Waals surface area contributed by atoms with Crippen LogP contribution in [0.15, 0.2) is 73.1 Å². The van der Waals surface area contributed by atoms with Crippen LogP contribution in [0.5, 0.6) is 5.75 Å². The van der Waals surface area contributed by atoms with Crippen molar-refractivity contribution in [2.45, 2.75) is 20.5 Å². The monoisotopic (exact) mass is 416 g/mol. The fourth-order valence-electron chi connectivity index (χ4n) is 3.31. The molecule has 0 atom stereocenters. The van der Waals surface area contributed by atoms with Crippen LogP contribution < -0.4 is 10.1 Å². The normalized spacial score (nSPS) is 10.7. The summed E-state index contributed by atoms with van der Waals surface area (Å²) in [6.07, 6.45) is 3.46. The van der Waals surface area contributed by atoms with Crippen LogP contribution in [-0.2, 0) is 6.61 Å². The first-order chi connectivity index (χ1) is 15.0. The van der Waals surface area contributed by atoms with Crippen LogP contribution in [-0.4, -0.2) is 20.7 Å². The molecule has 2 heterocycles. The van der Waals surface area contributed by atoms with Crippen molar-refractivity contribution in [1.82, 2.24) is 14.8 Å². The molecule has 0 unspecified atom stereocenters. The topological polar surface area (TPSA) is 69.0 Å². The molecule has 2 aromatic heterocycles. The Labute approximate surface area is 179 Å². The summed E-state index contributed by atoms with van der Waals surface area (Å²) in [6.45, 7) is 3.97. The summed E-state index contributed by atoms with van der Waals surface area (Å²) in [7, 11) is 0. The van der Waals surface area contributed by atoms with Crippen LogP contribution in [0, 0.1) is 19.7 Å². The highest BCUT2D eigenvalue weighted by Gasteiger charge is 2.19. The second-order valence-electron chi connectivity index (χ2n) is 7.07. The van der Waals surface area contributed by atoms with Crippen molar-refractivity contribution in [2.75, 3.05) is 5.32 Å². The van der Waals surface area contributed by atoms with Gasteiger partial charge in [0, 0.05) is 29.7 Å².